The van der Waals surface area contributed by atoms with E-state index in [0.29, 0.717) is 18.3 Å². The summed E-state index contributed by atoms with van der Waals surface area (Å²) in [5, 5.41) is 4.18. The number of ether oxygens (including phenoxy) is 1. The molecule has 0 bridgehead atoms. The Labute approximate surface area is 149 Å². The minimum absolute atomic E-state index is 0.0951. The van der Waals surface area contributed by atoms with Crippen LogP contribution in [0.3, 0.4) is 0 Å². The molecule has 4 nitrogen and oxygen atoms in total. The summed E-state index contributed by atoms with van der Waals surface area (Å²) in [6, 6.07) is 12.6. The van der Waals surface area contributed by atoms with Crippen molar-refractivity contribution in [2.24, 2.45) is 0 Å². The highest BCUT2D eigenvalue weighted by atomic mass is 35.5. The minimum Gasteiger partial charge on any atom is -0.373 e. The molecule has 4 rings (SSSR count). The fraction of sp³-hybridized carbons (Fsp3) is 0.263. The van der Waals surface area contributed by atoms with Crippen LogP contribution >= 0.6 is 11.6 Å². The zero-order valence-electron chi connectivity index (χ0n) is 13.6. The Morgan fingerprint density at radius 3 is 2.72 bits per heavy atom. The van der Waals surface area contributed by atoms with Gasteiger partial charge in [-0.2, -0.15) is 4.98 Å². The largest absolute Gasteiger partial charge is 0.373 e. The van der Waals surface area contributed by atoms with Gasteiger partial charge in [-0.25, -0.2) is 4.39 Å². The SMILES string of the molecule is Cc1ccc(-c2noc([C@@H]3CCO[C@@H]3c3ccc(Cl)c(F)c3)n2)cc1. The van der Waals surface area contributed by atoms with Gasteiger partial charge in [0.05, 0.1) is 17.0 Å². The summed E-state index contributed by atoms with van der Waals surface area (Å²) >= 11 is 5.77. The predicted molar refractivity (Wildman–Crippen MR) is 91.9 cm³/mol. The third-order valence-electron chi connectivity index (χ3n) is 4.43. The van der Waals surface area contributed by atoms with E-state index in [4.69, 9.17) is 20.9 Å². The summed E-state index contributed by atoms with van der Waals surface area (Å²) in [7, 11) is 0. The number of nitrogens with zero attached hydrogens (tertiary/aromatic N) is 2. The first-order valence-corrected chi connectivity index (χ1v) is 8.47. The van der Waals surface area contributed by atoms with Crippen molar-refractivity contribution in [2.45, 2.75) is 25.4 Å². The lowest BCUT2D eigenvalue weighted by Crippen LogP contribution is -2.07. The first-order valence-electron chi connectivity index (χ1n) is 8.09. The maximum Gasteiger partial charge on any atom is 0.233 e. The van der Waals surface area contributed by atoms with Gasteiger partial charge in [0.1, 0.15) is 5.82 Å². The molecular formula is C19H16ClFN2O2. The van der Waals surface area contributed by atoms with E-state index in [9.17, 15) is 4.39 Å². The molecule has 0 aliphatic carbocycles. The molecule has 2 heterocycles. The van der Waals surface area contributed by atoms with Crippen LogP contribution in [0.15, 0.2) is 47.0 Å². The highest BCUT2D eigenvalue weighted by Gasteiger charge is 2.35. The van der Waals surface area contributed by atoms with Gasteiger partial charge in [0.25, 0.3) is 0 Å². The zero-order valence-corrected chi connectivity index (χ0v) is 14.3. The highest BCUT2D eigenvalue weighted by Crippen LogP contribution is 2.42. The molecule has 6 heteroatoms. The van der Waals surface area contributed by atoms with Crippen LogP contribution in [0.5, 0.6) is 0 Å². The van der Waals surface area contributed by atoms with E-state index >= 15 is 0 Å². The van der Waals surface area contributed by atoms with Crippen LogP contribution in [0.1, 0.15) is 35.5 Å². The van der Waals surface area contributed by atoms with E-state index in [0.717, 1.165) is 17.5 Å². The van der Waals surface area contributed by atoms with Crippen molar-refractivity contribution in [3.05, 3.63) is 70.3 Å². The number of benzene rings is 2. The van der Waals surface area contributed by atoms with Crippen LogP contribution in [0.4, 0.5) is 4.39 Å². The van der Waals surface area contributed by atoms with Gasteiger partial charge in [0.2, 0.25) is 11.7 Å². The van der Waals surface area contributed by atoms with E-state index in [-0.39, 0.29) is 17.0 Å². The van der Waals surface area contributed by atoms with Crippen molar-refractivity contribution in [1.29, 1.82) is 0 Å². The number of aromatic nitrogens is 2. The van der Waals surface area contributed by atoms with Crippen LogP contribution in [0.25, 0.3) is 11.4 Å². The normalized spacial score (nSPS) is 20.1. The summed E-state index contributed by atoms with van der Waals surface area (Å²) in [6.45, 7) is 2.58. The van der Waals surface area contributed by atoms with Crippen LogP contribution < -0.4 is 0 Å². The fourth-order valence-electron chi connectivity index (χ4n) is 3.07. The average molecular weight is 359 g/mol. The molecule has 1 saturated heterocycles. The van der Waals surface area contributed by atoms with E-state index in [1.807, 2.05) is 31.2 Å². The number of hydrogen-bond acceptors (Lipinski definition) is 4. The molecule has 0 N–H and O–H groups in total. The van der Waals surface area contributed by atoms with Crippen molar-refractivity contribution in [3.63, 3.8) is 0 Å². The lowest BCUT2D eigenvalue weighted by Gasteiger charge is -2.16. The van der Waals surface area contributed by atoms with Crippen LogP contribution in [-0.2, 0) is 4.74 Å². The van der Waals surface area contributed by atoms with Crippen molar-refractivity contribution in [1.82, 2.24) is 10.1 Å². The molecule has 128 valence electrons. The second kappa shape index (κ2) is 6.58. The molecule has 2 atom stereocenters. The minimum atomic E-state index is -0.459. The molecule has 25 heavy (non-hydrogen) atoms. The second-order valence-electron chi connectivity index (χ2n) is 6.18. The monoisotopic (exact) mass is 358 g/mol. The van der Waals surface area contributed by atoms with Crippen molar-refractivity contribution in [2.75, 3.05) is 6.61 Å². The van der Waals surface area contributed by atoms with Gasteiger partial charge in [-0.15, -0.1) is 0 Å². The maximum absolute atomic E-state index is 13.8. The average Bonchev–Trinajstić information content (AvgIpc) is 3.27. The summed E-state index contributed by atoms with van der Waals surface area (Å²) in [5.41, 5.74) is 2.79. The Hall–Kier alpha value is -2.24. The molecule has 0 saturated carbocycles. The van der Waals surface area contributed by atoms with Crippen molar-refractivity contribution < 1.29 is 13.7 Å². The molecule has 0 radical (unpaired) electrons. The van der Waals surface area contributed by atoms with Crippen LogP contribution in [0.2, 0.25) is 5.02 Å². The van der Waals surface area contributed by atoms with E-state index in [2.05, 4.69) is 10.1 Å². The number of aryl methyl sites for hydroxylation is 1. The van der Waals surface area contributed by atoms with Gasteiger partial charge >= 0.3 is 0 Å². The van der Waals surface area contributed by atoms with Crippen molar-refractivity contribution >= 4 is 11.6 Å². The quantitative estimate of drug-likeness (QED) is 0.654. The van der Waals surface area contributed by atoms with Crippen LogP contribution in [0, 0.1) is 12.7 Å². The van der Waals surface area contributed by atoms with E-state index < -0.39 is 5.82 Å². The third-order valence-corrected chi connectivity index (χ3v) is 4.74. The van der Waals surface area contributed by atoms with Gasteiger partial charge in [0, 0.05) is 12.2 Å². The third kappa shape index (κ3) is 3.17. The summed E-state index contributed by atoms with van der Waals surface area (Å²) in [6.07, 6.45) is 0.419. The summed E-state index contributed by atoms with van der Waals surface area (Å²) in [5.74, 6) is 0.489. The Morgan fingerprint density at radius 2 is 1.96 bits per heavy atom. The molecule has 0 amide bonds. The maximum atomic E-state index is 13.8. The molecule has 2 aromatic carbocycles. The Bertz CT molecular complexity index is 895. The smallest absolute Gasteiger partial charge is 0.233 e. The summed E-state index contributed by atoms with van der Waals surface area (Å²) in [4.78, 5) is 4.53. The number of hydrogen-bond donors (Lipinski definition) is 0. The molecular weight excluding hydrogens is 343 g/mol. The molecule has 1 fully saturated rings. The zero-order chi connectivity index (χ0) is 17.4. The van der Waals surface area contributed by atoms with Gasteiger partial charge < -0.3 is 9.26 Å². The van der Waals surface area contributed by atoms with Crippen molar-refractivity contribution in [3.8, 4) is 11.4 Å². The fourth-order valence-corrected chi connectivity index (χ4v) is 3.18. The predicted octanol–water partition coefficient (Wildman–Crippen LogP) is 5.08. The standard InChI is InChI=1S/C19H16ClFN2O2/c1-11-2-4-12(5-3-11)18-22-19(25-23-18)14-8-9-24-17(14)13-6-7-15(20)16(21)10-13/h2-7,10,14,17H,8-9H2,1H3/t14-,17-/m1/s1. The number of rotatable bonds is 3. The molecule has 3 aromatic rings. The van der Waals surface area contributed by atoms with E-state index in [1.165, 1.54) is 17.7 Å². The first kappa shape index (κ1) is 16.2. The molecule has 0 spiro atoms. The van der Waals surface area contributed by atoms with Gasteiger partial charge in [-0.1, -0.05) is 52.7 Å². The molecule has 1 aromatic heterocycles. The van der Waals surface area contributed by atoms with Gasteiger partial charge in [-0.3, -0.25) is 0 Å². The van der Waals surface area contributed by atoms with E-state index in [1.54, 1.807) is 6.07 Å². The topological polar surface area (TPSA) is 48.2 Å². The molecule has 0 unspecified atom stereocenters. The molecule has 1 aliphatic rings. The van der Waals surface area contributed by atoms with Crippen LogP contribution in [-0.4, -0.2) is 16.7 Å². The van der Waals surface area contributed by atoms with Gasteiger partial charge in [0.15, 0.2) is 0 Å². The second-order valence-corrected chi connectivity index (χ2v) is 6.59. The molecule has 1 aliphatic heterocycles. The Morgan fingerprint density at radius 1 is 1.16 bits per heavy atom. The van der Waals surface area contributed by atoms with Gasteiger partial charge in [-0.05, 0) is 31.0 Å². The summed E-state index contributed by atoms with van der Waals surface area (Å²) < 4.78 is 25.1. The lowest BCUT2D eigenvalue weighted by molar-refractivity contribution is 0.0984. The first-order chi connectivity index (χ1) is 12.1. The lowest BCUT2D eigenvalue weighted by atomic mass is 9.95. The Kier molecular flexibility index (Phi) is 4.27. The highest BCUT2D eigenvalue weighted by molar-refractivity contribution is 6.30. The number of halogens is 2. The Balaban J connectivity index is 1.62.